The zero-order valence-corrected chi connectivity index (χ0v) is 23.2. The van der Waals surface area contributed by atoms with Crippen molar-refractivity contribution in [3.05, 3.63) is 65.6 Å². The number of likely N-dealkylation sites (tertiary alicyclic amines) is 1. The molecule has 3 N–H and O–H groups in total. The minimum Gasteiger partial charge on any atom is -0.497 e. The third-order valence-corrected chi connectivity index (χ3v) is 8.27. The van der Waals surface area contributed by atoms with E-state index in [1.807, 2.05) is 0 Å². The Morgan fingerprint density at radius 3 is 2.74 bits per heavy atom. The van der Waals surface area contributed by atoms with Crippen molar-refractivity contribution in [2.75, 3.05) is 32.5 Å². The van der Waals surface area contributed by atoms with Gasteiger partial charge >= 0.3 is 5.97 Å². The Morgan fingerprint density at radius 1 is 1.21 bits per heavy atom. The van der Waals surface area contributed by atoms with Crippen LogP contribution in [0.2, 0.25) is 0 Å². The van der Waals surface area contributed by atoms with Gasteiger partial charge in [-0.15, -0.1) is 24.2 Å². The molecule has 1 saturated heterocycles. The van der Waals surface area contributed by atoms with E-state index in [1.165, 1.54) is 24.0 Å². The quantitative estimate of drug-likeness (QED) is 0.265. The van der Waals surface area contributed by atoms with E-state index < -0.39 is 29.5 Å². The summed E-state index contributed by atoms with van der Waals surface area (Å²) < 4.78 is 47.5. The normalized spacial score (nSPS) is 18.5. The Morgan fingerprint density at radius 2 is 2.00 bits per heavy atom. The fourth-order valence-corrected chi connectivity index (χ4v) is 6.25. The molecule has 11 heteroatoms. The fraction of sp³-hybridized carbons (Fsp3) is 0.429. The van der Waals surface area contributed by atoms with Crippen LogP contribution in [0.1, 0.15) is 37.3 Å². The summed E-state index contributed by atoms with van der Waals surface area (Å²) in [5, 5.41) is 10.1. The predicted molar refractivity (Wildman–Crippen MR) is 149 cm³/mol. The van der Waals surface area contributed by atoms with Gasteiger partial charge in [0.2, 0.25) is 0 Å². The number of carboxylic acids is 1. The maximum Gasteiger partial charge on any atom is 0.303 e. The van der Waals surface area contributed by atoms with Crippen LogP contribution < -0.4 is 10.5 Å². The molecule has 0 saturated carbocycles. The summed E-state index contributed by atoms with van der Waals surface area (Å²) in [5.74, 6) is -1.06. The summed E-state index contributed by atoms with van der Waals surface area (Å²) in [6.45, 7) is 2.01. The first-order valence-corrected chi connectivity index (χ1v) is 13.6. The molecule has 2 heterocycles. The Kier molecular flexibility index (Phi) is 11.3. The number of hydrogen-bond donors (Lipinski definition) is 2. The lowest BCUT2D eigenvalue weighted by molar-refractivity contribution is -0.139. The Hall–Kier alpha value is -2.53. The number of aliphatic carboxylic acids is 1. The van der Waals surface area contributed by atoms with Gasteiger partial charge in [-0.05, 0) is 74.0 Å². The molecule has 0 spiro atoms. The molecule has 2 unspecified atom stereocenters. The molecule has 0 bridgehead atoms. The molecule has 0 radical (unpaired) electrons. The second-order valence-corrected chi connectivity index (χ2v) is 10.9. The lowest BCUT2D eigenvalue weighted by Crippen LogP contribution is -2.42. The Balaban J connectivity index is 0.00000420. The molecular weight excluding hydrogens is 551 g/mol. The highest BCUT2D eigenvalue weighted by molar-refractivity contribution is 7.99. The summed E-state index contributed by atoms with van der Waals surface area (Å²) in [6.07, 6.45) is 3.18. The van der Waals surface area contributed by atoms with Crippen LogP contribution in [0.15, 0.2) is 47.5 Å². The number of fused-ring (bicyclic) bond motifs is 1. The summed E-state index contributed by atoms with van der Waals surface area (Å²) >= 11 is 1.25. The number of hydrogen-bond acceptors (Lipinski definition) is 6. The SMILES string of the molecule is COc1ccc2ncc(F)c([C@H](N)CCC3CCN(CCSc4cc(F)ccc4F)CC3CC(=O)O)c2c1.Cl. The lowest BCUT2D eigenvalue weighted by atomic mass is 9.79. The van der Waals surface area contributed by atoms with Crippen LogP contribution in [0, 0.1) is 29.3 Å². The van der Waals surface area contributed by atoms with Crippen molar-refractivity contribution in [1.29, 1.82) is 0 Å². The molecule has 2 aromatic carbocycles. The van der Waals surface area contributed by atoms with Gasteiger partial charge < -0.3 is 20.5 Å². The van der Waals surface area contributed by atoms with Crippen molar-refractivity contribution in [1.82, 2.24) is 9.88 Å². The van der Waals surface area contributed by atoms with E-state index in [1.54, 1.807) is 25.3 Å². The molecular formula is C28H33ClF3N3O3S. The summed E-state index contributed by atoms with van der Waals surface area (Å²) in [6, 6.07) is 8.09. The van der Waals surface area contributed by atoms with Crippen molar-refractivity contribution in [3.63, 3.8) is 0 Å². The molecule has 1 fully saturated rings. The number of piperidine rings is 1. The molecule has 4 rings (SSSR count). The first kappa shape index (κ1) is 31.0. The van der Waals surface area contributed by atoms with E-state index in [0.29, 0.717) is 53.9 Å². The van der Waals surface area contributed by atoms with E-state index in [4.69, 9.17) is 10.5 Å². The zero-order chi connectivity index (χ0) is 27.2. The van der Waals surface area contributed by atoms with Crippen LogP contribution in [0.3, 0.4) is 0 Å². The Labute approximate surface area is 236 Å². The smallest absolute Gasteiger partial charge is 0.303 e. The molecule has 3 aromatic rings. The predicted octanol–water partition coefficient (Wildman–Crippen LogP) is 6.07. The number of nitrogens with two attached hydrogens (primary N) is 1. The minimum atomic E-state index is -0.861. The van der Waals surface area contributed by atoms with Crippen molar-refractivity contribution < 1.29 is 27.8 Å². The first-order valence-electron chi connectivity index (χ1n) is 12.6. The number of rotatable bonds is 11. The van der Waals surface area contributed by atoms with Crippen molar-refractivity contribution in [2.24, 2.45) is 17.6 Å². The highest BCUT2D eigenvalue weighted by Gasteiger charge is 2.31. The third kappa shape index (κ3) is 8.00. The van der Waals surface area contributed by atoms with Crippen LogP contribution in [-0.4, -0.2) is 53.5 Å². The van der Waals surface area contributed by atoms with Gasteiger partial charge in [0, 0.05) is 47.2 Å². The molecule has 212 valence electrons. The highest BCUT2D eigenvalue weighted by Crippen LogP contribution is 2.35. The highest BCUT2D eigenvalue weighted by atomic mass is 35.5. The van der Waals surface area contributed by atoms with Gasteiger partial charge in [0.1, 0.15) is 23.2 Å². The molecule has 6 nitrogen and oxygen atoms in total. The van der Waals surface area contributed by atoms with Crippen LogP contribution in [0.5, 0.6) is 5.75 Å². The zero-order valence-electron chi connectivity index (χ0n) is 21.6. The molecule has 0 amide bonds. The van der Waals surface area contributed by atoms with Gasteiger partial charge in [-0.25, -0.2) is 13.2 Å². The fourth-order valence-electron chi connectivity index (χ4n) is 5.28. The van der Waals surface area contributed by atoms with Crippen molar-refractivity contribution in [3.8, 4) is 5.75 Å². The van der Waals surface area contributed by atoms with Gasteiger partial charge in [-0.1, -0.05) is 0 Å². The largest absolute Gasteiger partial charge is 0.497 e. The summed E-state index contributed by atoms with van der Waals surface area (Å²) in [4.78, 5) is 18.2. The van der Waals surface area contributed by atoms with Crippen LogP contribution >= 0.6 is 24.2 Å². The molecule has 1 aromatic heterocycles. The van der Waals surface area contributed by atoms with Gasteiger partial charge in [0.25, 0.3) is 0 Å². The van der Waals surface area contributed by atoms with E-state index in [-0.39, 0.29) is 35.6 Å². The molecule has 1 aliphatic heterocycles. The van der Waals surface area contributed by atoms with Gasteiger partial charge in [-0.2, -0.15) is 0 Å². The average molecular weight is 584 g/mol. The second kappa shape index (κ2) is 14.2. The molecule has 3 atom stereocenters. The minimum absolute atomic E-state index is 0. The standard InChI is InChI=1S/C28H32F3N3O3S.ClH/c1-37-20-4-7-25-21(14-20)28(23(31)15-33-25)24(32)6-2-17-8-9-34(16-18(17)12-27(35)36)10-11-38-26-13-19(29)3-5-22(26)30;/h3-5,7,13-15,17-18,24H,2,6,8-12,16,32H2,1H3,(H,35,36);1H/t17?,18?,24-;/m1./s1. The number of ether oxygens (including phenoxy) is 1. The maximum absolute atomic E-state index is 14.8. The number of pyridine rings is 1. The molecule has 1 aliphatic rings. The van der Waals surface area contributed by atoms with Crippen molar-refractivity contribution >= 4 is 41.0 Å². The molecule has 39 heavy (non-hydrogen) atoms. The van der Waals surface area contributed by atoms with Crippen molar-refractivity contribution in [2.45, 2.75) is 36.6 Å². The lowest BCUT2D eigenvalue weighted by Gasteiger charge is -2.38. The van der Waals surface area contributed by atoms with Gasteiger partial charge in [0.05, 0.1) is 18.8 Å². The number of carboxylic acid groups (broad SMARTS) is 1. The maximum atomic E-state index is 14.8. The van der Waals surface area contributed by atoms with Crippen LogP contribution in [-0.2, 0) is 4.79 Å². The van der Waals surface area contributed by atoms with E-state index in [0.717, 1.165) is 25.1 Å². The van der Waals surface area contributed by atoms with E-state index >= 15 is 0 Å². The van der Waals surface area contributed by atoms with Crippen LogP contribution in [0.25, 0.3) is 10.9 Å². The van der Waals surface area contributed by atoms with E-state index in [2.05, 4.69) is 9.88 Å². The third-order valence-electron chi connectivity index (χ3n) is 7.26. The number of methoxy groups -OCH3 is 1. The number of carbonyl (C=O) groups is 1. The first-order chi connectivity index (χ1) is 18.2. The Bertz CT molecular complexity index is 1290. The summed E-state index contributed by atoms with van der Waals surface area (Å²) in [5.41, 5.74) is 7.51. The van der Waals surface area contributed by atoms with Gasteiger partial charge in [0.15, 0.2) is 0 Å². The second-order valence-electron chi connectivity index (χ2n) is 9.72. The van der Waals surface area contributed by atoms with E-state index in [9.17, 15) is 23.1 Å². The van der Waals surface area contributed by atoms with Gasteiger partial charge in [-0.3, -0.25) is 9.78 Å². The number of benzene rings is 2. The average Bonchev–Trinajstić information content (AvgIpc) is 2.89. The number of aromatic nitrogens is 1. The summed E-state index contributed by atoms with van der Waals surface area (Å²) in [7, 11) is 1.54. The number of halogens is 4. The molecule has 0 aliphatic carbocycles. The number of thioether (sulfide) groups is 1. The number of nitrogens with zero attached hydrogens (tertiary/aromatic N) is 2. The monoisotopic (exact) mass is 583 g/mol. The topological polar surface area (TPSA) is 88.7 Å². The van der Waals surface area contributed by atoms with Crippen LogP contribution in [0.4, 0.5) is 13.2 Å².